The minimum absolute atomic E-state index is 0.573. The van der Waals surface area contributed by atoms with Gasteiger partial charge in [0.05, 0.1) is 0 Å². The first kappa shape index (κ1) is 12.4. The van der Waals surface area contributed by atoms with E-state index in [-0.39, 0.29) is 0 Å². The zero-order chi connectivity index (χ0) is 12.2. The maximum atomic E-state index is 11.9. The molecule has 1 aromatic rings. The summed E-state index contributed by atoms with van der Waals surface area (Å²) in [6.45, 7) is 0. The fraction of sp³-hybridized carbons (Fsp3) is 0.143. The van der Waals surface area contributed by atoms with Gasteiger partial charge in [0, 0.05) is 0 Å². The Bertz CT molecular complexity index is 463. The average Bonchev–Trinajstić information content (AvgIpc) is 2.07. The van der Waals surface area contributed by atoms with Crippen molar-refractivity contribution in [3.05, 3.63) is 30.7 Å². The summed E-state index contributed by atoms with van der Waals surface area (Å²) in [7, 11) is -5.70. The SMILES string of the molecule is O=S(=O)(Oc1ccccooc1)C(F)(F)F. The lowest BCUT2D eigenvalue weighted by Crippen LogP contribution is -2.27. The molecule has 0 bridgehead atoms. The van der Waals surface area contributed by atoms with Gasteiger partial charge in [-0.2, -0.15) is 21.6 Å². The zero-order valence-electron chi connectivity index (χ0n) is 7.47. The molecule has 1 rings (SSSR count). The van der Waals surface area contributed by atoms with Crippen LogP contribution in [0.15, 0.2) is 39.9 Å². The first-order valence-corrected chi connectivity index (χ1v) is 5.10. The van der Waals surface area contributed by atoms with E-state index in [1.165, 1.54) is 12.1 Å². The molecule has 0 amide bonds. The molecule has 0 aliphatic rings. The summed E-state index contributed by atoms with van der Waals surface area (Å²) in [5, 5.41) is 0. The lowest BCUT2D eigenvalue weighted by Gasteiger charge is -2.07. The summed E-state index contributed by atoms with van der Waals surface area (Å²) < 4.78 is 69.1. The third kappa shape index (κ3) is 3.19. The van der Waals surface area contributed by atoms with E-state index in [1.54, 1.807) is 0 Å². The van der Waals surface area contributed by atoms with Crippen molar-refractivity contribution >= 4 is 10.1 Å². The van der Waals surface area contributed by atoms with Crippen molar-refractivity contribution in [2.75, 3.05) is 0 Å². The van der Waals surface area contributed by atoms with E-state index < -0.39 is 21.4 Å². The minimum Gasteiger partial charge on any atom is -0.373 e. The number of hydrogen-bond donors (Lipinski definition) is 0. The van der Waals surface area contributed by atoms with Crippen LogP contribution in [0.25, 0.3) is 0 Å². The van der Waals surface area contributed by atoms with Gasteiger partial charge in [0.2, 0.25) is 0 Å². The second kappa shape index (κ2) is 4.47. The quantitative estimate of drug-likeness (QED) is 0.462. The van der Waals surface area contributed by atoms with Crippen molar-refractivity contribution in [3.8, 4) is 5.75 Å². The highest BCUT2D eigenvalue weighted by atomic mass is 32.2. The molecule has 0 N–H and O–H groups in total. The monoisotopic (exact) mass is 258 g/mol. The molecule has 16 heavy (non-hydrogen) atoms. The summed E-state index contributed by atoms with van der Waals surface area (Å²) in [6, 6.07) is 3.43. The van der Waals surface area contributed by atoms with Crippen LogP contribution in [-0.2, 0) is 10.1 Å². The van der Waals surface area contributed by atoms with Crippen LogP contribution < -0.4 is 4.18 Å². The molecule has 0 aliphatic carbocycles. The van der Waals surface area contributed by atoms with E-state index in [4.69, 9.17) is 0 Å². The molecule has 1 aromatic heterocycles. The van der Waals surface area contributed by atoms with Crippen LogP contribution >= 0.6 is 0 Å². The average molecular weight is 258 g/mol. The molecule has 0 saturated heterocycles. The van der Waals surface area contributed by atoms with Crippen LogP contribution in [0.3, 0.4) is 0 Å². The highest BCUT2D eigenvalue weighted by molar-refractivity contribution is 7.87. The topological polar surface area (TPSA) is 69.7 Å². The molecule has 0 saturated carbocycles. The summed E-state index contributed by atoms with van der Waals surface area (Å²) in [5.41, 5.74) is -5.50. The highest BCUT2D eigenvalue weighted by Gasteiger charge is 2.48. The van der Waals surface area contributed by atoms with Crippen molar-refractivity contribution in [1.82, 2.24) is 0 Å². The van der Waals surface area contributed by atoms with Crippen LogP contribution in [0, 0.1) is 0 Å². The van der Waals surface area contributed by atoms with Crippen LogP contribution in [0.2, 0.25) is 0 Å². The minimum atomic E-state index is -5.70. The molecule has 0 aliphatic heterocycles. The molecule has 9 heteroatoms. The number of hydrogen-bond acceptors (Lipinski definition) is 5. The second-order valence-corrected chi connectivity index (χ2v) is 3.92. The zero-order valence-corrected chi connectivity index (χ0v) is 8.29. The summed E-state index contributed by atoms with van der Waals surface area (Å²) >= 11 is 0. The maximum Gasteiger partial charge on any atom is 0.534 e. The Hall–Kier alpha value is -1.64. The smallest absolute Gasteiger partial charge is 0.373 e. The van der Waals surface area contributed by atoms with Gasteiger partial charge in [-0.3, -0.25) is 9.15 Å². The van der Waals surface area contributed by atoms with Gasteiger partial charge < -0.3 is 4.18 Å². The molecular formula is C7H5F3O5S. The van der Waals surface area contributed by atoms with Crippen molar-refractivity contribution in [2.24, 2.45) is 0 Å². The predicted molar refractivity (Wildman–Crippen MR) is 44.2 cm³/mol. The Balaban J connectivity index is 3.03. The molecule has 90 valence electrons. The molecule has 0 unspecified atom stereocenters. The third-order valence-corrected chi connectivity index (χ3v) is 2.19. The Morgan fingerprint density at radius 2 is 1.88 bits per heavy atom. The van der Waals surface area contributed by atoms with Gasteiger partial charge in [0.25, 0.3) is 0 Å². The summed E-state index contributed by atoms with van der Waals surface area (Å²) in [5.74, 6) is -0.665. The first-order chi connectivity index (χ1) is 7.33. The Kier molecular flexibility index (Phi) is 3.48. The Morgan fingerprint density at radius 3 is 2.50 bits per heavy atom. The van der Waals surface area contributed by atoms with Crippen molar-refractivity contribution in [2.45, 2.75) is 5.51 Å². The molecular weight excluding hydrogens is 253 g/mol. The predicted octanol–water partition coefficient (Wildman–Crippen LogP) is 2.23. The van der Waals surface area contributed by atoms with Crippen molar-refractivity contribution < 1.29 is 34.9 Å². The number of rotatable bonds is 2. The van der Waals surface area contributed by atoms with E-state index in [1.807, 2.05) is 0 Å². The second-order valence-electron chi connectivity index (χ2n) is 2.38. The van der Waals surface area contributed by atoms with Gasteiger partial charge in [-0.15, -0.1) is 0 Å². The van der Waals surface area contributed by atoms with E-state index in [0.717, 1.165) is 12.3 Å². The summed E-state index contributed by atoms with van der Waals surface area (Å²) in [4.78, 5) is 0. The molecule has 0 radical (unpaired) electrons. The van der Waals surface area contributed by atoms with E-state index in [2.05, 4.69) is 13.3 Å². The van der Waals surface area contributed by atoms with Gasteiger partial charge >= 0.3 is 15.6 Å². The largest absolute Gasteiger partial charge is 0.534 e. The van der Waals surface area contributed by atoms with Crippen LogP contribution in [0.1, 0.15) is 0 Å². The maximum absolute atomic E-state index is 11.9. The van der Waals surface area contributed by atoms with E-state index >= 15 is 0 Å². The van der Waals surface area contributed by atoms with Gasteiger partial charge in [-0.1, -0.05) is 6.07 Å². The molecule has 0 atom stereocenters. The fourth-order valence-electron chi connectivity index (χ4n) is 0.596. The Labute approximate surface area is 87.8 Å². The third-order valence-electron chi connectivity index (χ3n) is 1.21. The van der Waals surface area contributed by atoms with Crippen molar-refractivity contribution in [3.63, 3.8) is 0 Å². The van der Waals surface area contributed by atoms with E-state index in [0.29, 0.717) is 6.26 Å². The van der Waals surface area contributed by atoms with Gasteiger partial charge in [-0.05, 0) is 12.1 Å². The van der Waals surface area contributed by atoms with Crippen LogP contribution in [-0.4, -0.2) is 13.9 Å². The number of halogens is 3. The van der Waals surface area contributed by atoms with Gasteiger partial charge in [0.15, 0.2) is 12.0 Å². The Morgan fingerprint density at radius 1 is 1.19 bits per heavy atom. The summed E-state index contributed by atoms with van der Waals surface area (Å²) in [6.07, 6.45) is 1.66. The normalized spacial score (nSPS) is 11.9. The molecule has 5 nitrogen and oxygen atoms in total. The van der Waals surface area contributed by atoms with Gasteiger partial charge in [0.1, 0.15) is 6.26 Å². The molecule has 0 spiro atoms. The highest BCUT2D eigenvalue weighted by Crippen LogP contribution is 2.26. The first-order valence-electron chi connectivity index (χ1n) is 3.69. The standard InChI is InChI=1S/C7H5F3O5S/c8-7(9,10)16(11,12)15-6-3-1-2-4-13-14-5-6/h1-5H. The van der Waals surface area contributed by atoms with Crippen molar-refractivity contribution in [1.29, 1.82) is 0 Å². The molecule has 0 aromatic carbocycles. The van der Waals surface area contributed by atoms with Crippen LogP contribution in [0.4, 0.5) is 13.2 Å². The van der Waals surface area contributed by atoms with Gasteiger partial charge in [-0.25, -0.2) is 0 Å². The van der Waals surface area contributed by atoms with E-state index in [9.17, 15) is 21.6 Å². The lowest BCUT2D eigenvalue weighted by atomic mass is 10.5. The lowest BCUT2D eigenvalue weighted by molar-refractivity contribution is -0.0501. The van der Waals surface area contributed by atoms with Crippen LogP contribution in [0.5, 0.6) is 5.75 Å². The molecule has 0 fully saturated rings. The fourth-order valence-corrected chi connectivity index (χ4v) is 1.04. The number of alkyl halides is 3. The molecule has 1 heterocycles.